The van der Waals surface area contributed by atoms with Gasteiger partial charge in [-0.05, 0) is 63.7 Å². The van der Waals surface area contributed by atoms with E-state index in [-0.39, 0.29) is 0 Å². The summed E-state index contributed by atoms with van der Waals surface area (Å²) in [7, 11) is 0. The number of piperidine rings is 1. The maximum atomic E-state index is 3.72. The molecule has 1 atom stereocenters. The van der Waals surface area contributed by atoms with Crippen LogP contribution in [-0.4, -0.2) is 19.1 Å². The van der Waals surface area contributed by atoms with E-state index in [1.807, 2.05) is 0 Å². The Morgan fingerprint density at radius 2 is 1.76 bits per heavy atom. The van der Waals surface area contributed by atoms with Crippen LogP contribution in [-0.2, 0) is 0 Å². The van der Waals surface area contributed by atoms with Gasteiger partial charge >= 0.3 is 0 Å². The van der Waals surface area contributed by atoms with E-state index < -0.39 is 0 Å². The molecule has 2 nitrogen and oxygen atoms in total. The predicted octanol–water partition coefficient (Wildman–Crippen LogP) is 3.10. The molecule has 1 aromatic rings. The number of hydrogen-bond donors (Lipinski definition) is 2. The van der Waals surface area contributed by atoms with Crippen LogP contribution >= 0.6 is 0 Å². The van der Waals surface area contributed by atoms with E-state index in [2.05, 4.69) is 49.6 Å². The van der Waals surface area contributed by atoms with Crippen LogP contribution in [0.1, 0.15) is 30.9 Å². The Bertz CT molecular complexity index is 347. The summed E-state index contributed by atoms with van der Waals surface area (Å²) >= 11 is 0. The molecule has 0 aliphatic carbocycles. The summed E-state index contributed by atoms with van der Waals surface area (Å²) in [4.78, 5) is 0. The Hall–Kier alpha value is -1.02. The Balaban J connectivity index is 2.04. The zero-order chi connectivity index (χ0) is 12.3. The summed E-state index contributed by atoms with van der Waals surface area (Å²) in [5, 5.41) is 7.15. The van der Waals surface area contributed by atoms with Gasteiger partial charge in [0.2, 0.25) is 0 Å². The quantitative estimate of drug-likeness (QED) is 0.837. The zero-order valence-electron chi connectivity index (χ0n) is 11.2. The maximum absolute atomic E-state index is 3.72. The molecule has 0 amide bonds. The zero-order valence-corrected chi connectivity index (χ0v) is 11.2. The largest absolute Gasteiger partial charge is 0.382 e. The Morgan fingerprint density at radius 1 is 1.18 bits per heavy atom. The minimum absolute atomic E-state index is 0.567. The molecule has 2 heteroatoms. The van der Waals surface area contributed by atoms with E-state index in [0.717, 1.165) is 5.92 Å². The van der Waals surface area contributed by atoms with Gasteiger partial charge in [0.05, 0.1) is 0 Å². The fourth-order valence-corrected chi connectivity index (χ4v) is 2.73. The third-order valence-corrected chi connectivity index (χ3v) is 3.94. The highest BCUT2D eigenvalue weighted by molar-refractivity contribution is 5.57. The fourth-order valence-electron chi connectivity index (χ4n) is 2.73. The van der Waals surface area contributed by atoms with Crippen molar-refractivity contribution >= 4 is 5.69 Å². The number of para-hydroxylation sites is 1. The van der Waals surface area contributed by atoms with Gasteiger partial charge in [-0.3, -0.25) is 0 Å². The molecule has 1 aliphatic heterocycles. The lowest BCUT2D eigenvalue weighted by Crippen LogP contribution is -2.36. The van der Waals surface area contributed by atoms with Gasteiger partial charge in [-0.25, -0.2) is 0 Å². The van der Waals surface area contributed by atoms with Gasteiger partial charge in [0, 0.05) is 11.7 Å². The van der Waals surface area contributed by atoms with Crippen LogP contribution in [0, 0.1) is 19.8 Å². The average molecular weight is 232 g/mol. The lowest BCUT2D eigenvalue weighted by molar-refractivity contribution is 0.343. The average Bonchev–Trinajstić information content (AvgIpc) is 2.35. The van der Waals surface area contributed by atoms with Crippen molar-refractivity contribution in [1.29, 1.82) is 0 Å². The lowest BCUT2D eigenvalue weighted by Gasteiger charge is -2.30. The van der Waals surface area contributed by atoms with Crippen LogP contribution < -0.4 is 10.6 Å². The second-order valence-corrected chi connectivity index (χ2v) is 5.29. The Labute approximate surface area is 105 Å². The molecule has 1 saturated heterocycles. The van der Waals surface area contributed by atoms with Gasteiger partial charge < -0.3 is 10.6 Å². The van der Waals surface area contributed by atoms with Gasteiger partial charge in [-0.15, -0.1) is 0 Å². The van der Waals surface area contributed by atoms with Crippen molar-refractivity contribution < 1.29 is 0 Å². The first-order valence-corrected chi connectivity index (χ1v) is 6.72. The predicted molar refractivity (Wildman–Crippen MR) is 74.6 cm³/mol. The summed E-state index contributed by atoms with van der Waals surface area (Å²) in [5.74, 6) is 0.801. The number of hydrogen-bond acceptors (Lipinski definition) is 2. The second-order valence-electron chi connectivity index (χ2n) is 5.29. The molecule has 0 radical (unpaired) electrons. The molecular formula is C15H24N2. The number of anilines is 1. The highest BCUT2D eigenvalue weighted by atomic mass is 14.9. The molecule has 0 bridgehead atoms. The van der Waals surface area contributed by atoms with Crippen LogP contribution in [0.3, 0.4) is 0 Å². The first-order chi connectivity index (χ1) is 8.18. The van der Waals surface area contributed by atoms with E-state index >= 15 is 0 Å². The molecule has 94 valence electrons. The first-order valence-electron chi connectivity index (χ1n) is 6.72. The van der Waals surface area contributed by atoms with Crippen molar-refractivity contribution in [2.45, 2.75) is 39.7 Å². The summed E-state index contributed by atoms with van der Waals surface area (Å²) in [5.41, 5.74) is 4.04. The molecule has 0 spiro atoms. The summed E-state index contributed by atoms with van der Waals surface area (Å²) in [6.07, 6.45) is 2.58. The van der Waals surface area contributed by atoms with E-state index in [1.165, 1.54) is 42.7 Å². The van der Waals surface area contributed by atoms with Crippen LogP contribution in [0.2, 0.25) is 0 Å². The fraction of sp³-hybridized carbons (Fsp3) is 0.600. The molecule has 1 unspecified atom stereocenters. The van der Waals surface area contributed by atoms with Crippen LogP contribution in [0.25, 0.3) is 0 Å². The Kier molecular flexibility index (Phi) is 4.06. The van der Waals surface area contributed by atoms with Crippen molar-refractivity contribution in [2.75, 3.05) is 18.4 Å². The van der Waals surface area contributed by atoms with Gasteiger partial charge in [0.15, 0.2) is 0 Å². The molecular weight excluding hydrogens is 208 g/mol. The van der Waals surface area contributed by atoms with Crippen molar-refractivity contribution in [3.63, 3.8) is 0 Å². The summed E-state index contributed by atoms with van der Waals surface area (Å²) < 4.78 is 0. The molecule has 17 heavy (non-hydrogen) atoms. The number of benzene rings is 1. The molecule has 1 fully saturated rings. The molecule has 2 rings (SSSR count). The minimum atomic E-state index is 0.567. The number of rotatable bonds is 3. The number of aryl methyl sites for hydroxylation is 2. The Morgan fingerprint density at radius 3 is 2.35 bits per heavy atom. The van der Waals surface area contributed by atoms with Crippen molar-refractivity contribution in [2.24, 2.45) is 5.92 Å². The number of nitrogens with one attached hydrogen (secondary N) is 2. The van der Waals surface area contributed by atoms with E-state index in [1.54, 1.807) is 0 Å². The third-order valence-electron chi connectivity index (χ3n) is 3.94. The van der Waals surface area contributed by atoms with E-state index in [4.69, 9.17) is 0 Å². The normalized spacial score (nSPS) is 19.0. The van der Waals surface area contributed by atoms with Crippen LogP contribution in [0.15, 0.2) is 18.2 Å². The van der Waals surface area contributed by atoms with Crippen molar-refractivity contribution in [3.05, 3.63) is 29.3 Å². The lowest BCUT2D eigenvalue weighted by atomic mass is 9.91. The minimum Gasteiger partial charge on any atom is -0.382 e. The molecule has 2 N–H and O–H groups in total. The third kappa shape index (κ3) is 3.01. The molecule has 0 aromatic heterocycles. The standard InChI is InChI=1S/C15H24N2/c1-11-5-4-6-12(2)15(11)17-13(3)14-7-9-16-10-8-14/h4-6,13-14,16-17H,7-10H2,1-3H3. The molecule has 1 aromatic carbocycles. The second kappa shape index (κ2) is 5.54. The van der Waals surface area contributed by atoms with Gasteiger partial charge in [0.25, 0.3) is 0 Å². The monoisotopic (exact) mass is 232 g/mol. The highest BCUT2D eigenvalue weighted by Gasteiger charge is 2.20. The summed E-state index contributed by atoms with van der Waals surface area (Å²) in [6, 6.07) is 7.07. The van der Waals surface area contributed by atoms with Crippen LogP contribution in [0.5, 0.6) is 0 Å². The SMILES string of the molecule is Cc1cccc(C)c1NC(C)C1CCNCC1. The molecule has 1 heterocycles. The van der Waals surface area contributed by atoms with E-state index in [9.17, 15) is 0 Å². The van der Waals surface area contributed by atoms with Gasteiger partial charge in [-0.1, -0.05) is 18.2 Å². The van der Waals surface area contributed by atoms with Crippen molar-refractivity contribution in [1.82, 2.24) is 5.32 Å². The molecule has 0 saturated carbocycles. The summed E-state index contributed by atoms with van der Waals surface area (Å²) in [6.45, 7) is 9.03. The maximum Gasteiger partial charge on any atom is 0.0401 e. The van der Waals surface area contributed by atoms with Gasteiger partial charge in [-0.2, -0.15) is 0 Å². The molecule has 1 aliphatic rings. The van der Waals surface area contributed by atoms with Gasteiger partial charge in [0.1, 0.15) is 0 Å². The van der Waals surface area contributed by atoms with Crippen LogP contribution in [0.4, 0.5) is 5.69 Å². The van der Waals surface area contributed by atoms with E-state index in [0.29, 0.717) is 6.04 Å². The topological polar surface area (TPSA) is 24.1 Å². The van der Waals surface area contributed by atoms with Crippen molar-refractivity contribution in [3.8, 4) is 0 Å². The smallest absolute Gasteiger partial charge is 0.0401 e. The highest BCUT2D eigenvalue weighted by Crippen LogP contribution is 2.24. The first kappa shape index (κ1) is 12.4.